The lowest BCUT2D eigenvalue weighted by molar-refractivity contribution is -0.123. The Morgan fingerprint density at radius 2 is 1.07 bits per heavy atom. The minimum atomic E-state index is -0.329. The van der Waals surface area contributed by atoms with E-state index in [1.54, 1.807) is 36.4 Å². The van der Waals surface area contributed by atoms with Gasteiger partial charge in [0.1, 0.15) is 12.8 Å². The van der Waals surface area contributed by atoms with Crippen molar-refractivity contribution in [1.29, 1.82) is 10.5 Å². The number of rotatable bonds is 6. The second kappa shape index (κ2) is 12.2. The van der Waals surface area contributed by atoms with Crippen LogP contribution in [0.25, 0.3) is 0 Å². The van der Waals surface area contributed by atoms with Gasteiger partial charge < -0.3 is 16.1 Å². The van der Waals surface area contributed by atoms with E-state index in [0.717, 1.165) is 35.4 Å². The summed E-state index contributed by atoms with van der Waals surface area (Å²) in [4.78, 5) is 45.3. The fraction of sp³-hybridized carbons (Fsp3) is 0.286. The molecule has 2 aromatic rings. The summed E-state index contributed by atoms with van der Waals surface area (Å²) in [5, 5.41) is 30.3. The first-order valence-electron chi connectivity index (χ1n) is 12.7. The van der Waals surface area contributed by atoms with Gasteiger partial charge in [-0.25, -0.2) is 10.9 Å². The van der Waals surface area contributed by atoms with E-state index < -0.39 is 0 Å². The summed E-state index contributed by atoms with van der Waals surface area (Å²) in [6, 6.07) is 18.1. The molecule has 0 radical (unpaired) electrons. The van der Waals surface area contributed by atoms with E-state index in [2.05, 4.69) is 31.7 Å². The van der Waals surface area contributed by atoms with Gasteiger partial charge in [-0.1, -0.05) is 24.3 Å². The van der Waals surface area contributed by atoms with Crippen LogP contribution in [0.3, 0.4) is 0 Å². The number of hydrogen-bond acceptors (Lipinski definition) is 8. The van der Waals surface area contributed by atoms with Crippen LogP contribution in [0.5, 0.6) is 0 Å². The maximum atomic E-state index is 11.4. The highest BCUT2D eigenvalue weighted by molar-refractivity contribution is 6.10. The van der Waals surface area contributed by atoms with Crippen molar-refractivity contribution in [1.82, 2.24) is 10.9 Å². The van der Waals surface area contributed by atoms with Crippen LogP contribution in [0.15, 0.2) is 58.7 Å². The number of carbonyl (C=O) groups is 4. The molecule has 13 heteroatoms. The number of hydrogen-bond donors (Lipinski definition) is 4. The van der Waals surface area contributed by atoms with E-state index in [4.69, 9.17) is 10.5 Å². The van der Waals surface area contributed by atoms with Crippen LogP contribution in [0.1, 0.15) is 36.8 Å². The molecule has 4 atom stereocenters. The fourth-order valence-corrected chi connectivity index (χ4v) is 4.70. The first kappa shape index (κ1) is 28.6. The molecule has 4 aliphatic rings. The highest BCUT2D eigenvalue weighted by atomic mass is 16.2. The zero-order chi connectivity index (χ0) is 28.2. The van der Waals surface area contributed by atoms with E-state index in [9.17, 15) is 19.2 Å². The monoisotopic (exact) mass is 554 g/mol. The third-order valence-electron chi connectivity index (χ3n) is 6.94. The smallest absolute Gasteiger partial charge is 0.243 e. The summed E-state index contributed by atoms with van der Waals surface area (Å²) >= 11 is 0. The molecule has 0 spiro atoms. The van der Waals surface area contributed by atoms with Gasteiger partial charge in [0, 0.05) is 35.0 Å². The van der Waals surface area contributed by atoms with Gasteiger partial charge in [0.15, 0.2) is 0 Å². The molecule has 2 aromatic carbocycles. The van der Waals surface area contributed by atoms with E-state index in [-0.39, 0.29) is 65.6 Å². The largest absolute Gasteiger partial charge is 0.412 e. The lowest BCUT2D eigenvalue weighted by Gasteiger charge is -2.12. The van der Waals surface area contributed by atoms with Gasteiger partial charge in [-0.3, -0.25) is 19.2 Å². The van der Waals surface area contributed by atoms with Crippen molar-refractivity contribution in [2.75, 3.05) is 10.6 Å². The molecule has 2 saturated carbocycles. The Labute approximate surface area is 234 Å². The van der Waals surface area contributed by atoms with Crippen LogP contribution in [0.2, 0.25) is 0 Å². The van der Waals surface area contributed by atoms with Crippen molar-refractivity contribution >= 4 is 46.4 Å². The van der Waals surface area contributed by atoms with E-state index in [1.807, 2.05) is 24.3 Å². The molecule has 6 rings (SSSR count). The Morgan fingerprint density at radius 3 is 1.41 bits per heavy atom. The molecule has 2 aliphatic heterocycles. The number of hydrazone groups is 2. The van der Waals surface area contributed by atoms with Crippen LogP contribution < -0.4 is 21.5 Å². The van der Waals surface area contributed by atoms with Crippen molar-refractivity contribution in [3.8, 4) is 12.1 Å². The number of nitriles is 2. The average Bonchev–Trinajstić information content (AvgIpc) is 3.86. The van der Waals surface area contributed by atoms with E-state index >= 15 is 0 Å². The molecule has 4 amide bonds. The summed E-state index contributed by atoms with van der Waals surface area (Å²) in [6.45, 7) is 0. The second-order valence-electron chi connectivity index (χ2n) is 9.76. The highest BCUT2D eigenvalue weighted by Crippen LogP contribution is 2.44. The van der Waals surface area contributed by atoms with Crippen molar-refractivity contribution in [2.24, 2.45) is 33.9 Å². The Balaban J connectivity index is 0.000000184. The van der Waals surface area contributed by atoms with E-state index in [0.29, 0.717) is 11.4 Å². The van der Waals surface area contributed by atoms with Crippen LogP contribution in [0, 0.1) is 46.3 Å². The maximum absolute atomic E-state index is 11.4. The normalized spacial score (nSPS) is 22.4. The third kappa shape index (κ3) is 6.61. The van der Waals surface area contributed by atoms with E-state index in [1.165, 1.54) is 0 Å². The number of nitrogens with zero attached hydrogens (tertiary/aromatic N) is 4. The number of benzene rings is 2. The number of anilines is 2. The van der Waals surface area contributed by atoms with Gasteiger partial charge in [-0.15, -0.1) is 0 Å². The summed E-state index contributed by atoms with van der Waals surface area (Å²) in [5.41, 5.74) is 10.0. The van der Waals surface area contributed by atoms with Gasteiger partial charge in [-0.2, -0.15) is 20.7 Å². The minimum absolute atomic E-state index is 0. The highest BCUT2D eigenvalue weighted by Gasteiger charge is 2.50. The minimum Gasteiger partial charge on any atom is -0.412 e. The van der Waals surface area contributed by atoms with Gasteiger partial charge in [0.05, 0.1) is 23.6 Å². The molecule has 6 N–H and O–H groups in total. The zero-order valence-corrected chi connectivity index (χ0v) is 21.7. The Morgan fingerprint density at radius 1 is 0.707 bits per heavy atom. The zero-order valence-electron chi connectivity index (χ0n) is 21.7. The summed E-state index contributed by atoms with van der Waals surface area (Å²) in [7, 11) is 0. The number of amides is 4. The molecular weight excluding hydrogens is 528 g/mol. The third-order valence-corrected chi connectivity index (χ3v) is 6.94. The fourth-order valence-electron chi connectivity index (χ4n) is 4.70. The molecule has 2 heterocycles. The van der Waals surface area contributed by atoms with Gasteiger partial charge in [0.2, 0.25) is 23.6 Å². The van der Waals surface area contributed by atoms with Gasteiger partial charge in [0.25, 0.3) is 0 Å². The number of carbonyl (C=O) groups excluding carboxylic acids is 4. The van der Waals surface area contributed by atoms with Gasteiger partial charge >= 0.3 is 0 Å². The molecule has 0 saturated heterocycles. The van der Waals surface area contributed by atoms with Crippen molar-refractivity contribution in [3.63, 3.8) is 0 Å². The predicted molar refractivity (Wildman–Crippen MR) is 147 cm³/mol. The maximum Gasteiger partial charge on any atom is 0.243 e. The first-order valence-corrected chi connectivity index (χ1v) is 12.7. The van der Waals surface area contributed by atoms with Gasteiger partial charge in [-0.05, 0) is 48.2 Å². The van der Waals surface area contributed by atoms with Crippen LogP contribution >= 0.6 is 0 Å². The molecule has 208 valence electrons. The van der Waals surface area contributed by atoms with Crippen LogP contribution in [-0.2, 0) is 19.2 Å². The standard InChI is InChI=1S/2C14H12N4O2.H2O/c2*15-6-5-12(19)16-9-3-1-8(2-4-9)13-10-7-11(10)14(20)18-17-13;/h2*1-4,10-11H,5,7H2,(H,16,19)(H,18,20);1H2. The predicted octanol–water partition coefficient (Wildman–Crippen LogP) is 1.19. The molecule has 0 aromatic heterocycles. The van der Waals surface area contributed by atoms with Crippen molar-refractivity contribution < 1.29 is 24.7 Å². The lowest BCUT2D eigenvalue weighted by Crippen LogP contribution is -2.28. The molecule has 0 bridgehead atoms. The summed E-state index contributed by atoms with van der Waals surface area (Å²) in [5.74, 6) is -0.0756. The average molecular weight is 555 g/mol. The van der Waals surface area contributed by atoms with Crippen molar-refractivity contribution in [3.05, 3.63) is 59.7 Å². The number of nitrogens with one attached hydrogen (secondary N) is 4. The molecular formula is C28H26N8O5. The first-order chi connectivity index (χ1) is 19.4. The Kier molecular flexibility index (Phi) is 8.51. The van der Waals surface area contributed by atoms with Crippen LogP contribution in [-0.4, -0.2) is 40.5 Å². The summed E-state index contributed by atoms with van der Waals surface area (Å²) < 4.78 is 0. The SMILES string of the molecule is N#CCC(=O)Nc1ccc(C2=NNC(=O)C3CC23)cc1.N#CCC(=O)Nc1ccc(C2=NNC(=O)C3CC23)cc1.O. The quantitative estimate of drug-likeness (QED) is 0.410. The molecule has 41 heavy (non-hydrogen) atoms. The van der Waals surface area contributed by atoms with Crippen molar-refractivity contribution in [2.45, 2.75) is 25.7 Å². The molecule has 2 fully saturated rings. The van der Waals surface area contributed by atoms with Crippen LogP contribution in [0.4, 0.5) is 11.4 Å². The molecule has 13 nitrogen and oxygen atoms in total. The second-order valence-corrected chi connectivity index (χ2v) is 9.76. The molecule has 4 unspecified atom stereocenters. The Bertz CT molecular complexity index is 1400. The number of fused-ring (bicyclic) bond motifs is 2. The summed E-state index contributed by atoms with van der Waals surface area (Å²) in [6.07, 6.45) is 1.38. The molecule has 2 aliphatic carbocycles. The lowest BCUT2D eigenvalue weighted by atomic mass is 10.0. The Hall–Kier alpha value is -5.40. The topological polar surface area (TPSA) is 220 Å².